The summed E-state index contributed by atoms with van der Waals surface area (Å²) in [6, 6.07) is 19.5. The second-order valence-electron chi connectivity index (χ2n) is 5.56. The summed E-state index contributed by atoms with van der Waals surface area (Å²) in [7, 11) is 0. The van der Waals surface area contributed by atoms with Crippen molar-refractivity contribution in [1.29, 1.82) is 0 Å². The van der Waals surface area contributed by atoms with Gasteiger partial charge in [-0.25, -0.2) is 0 Å². The fourth-order valence-electron chi connectivity index (χ4n) is 3.14. The topological polar surface area (TPSA) is 26.0 Å². The fourth-order valence-corrected chi connectivity index (χ4v) is 3.14. The summed E-state index contributed by atoms with van der Waals surface area (Å²) in [6.07, 6.45) is 5.26. The minimum Gasteiger partial charge on any atom is -0.324 e. The molecule has 0 unspecified atom stereocenters. The smallest absolute Gasteiger partial charge is 0.0323 e. The van der Waals surface area contributed by atoms with Gasteiger partial charge in [-0.1, -0.05) is 61.4 Å². The minimum absolute atomic E-state index is 0. The summed E-state index contributed by atoms with van der Waals surface area (Å²) in [6.45, 7) is 0. The van der Waals surface area contributed by atoms with Gasteiger partial charge in [0, 0.05) is 6.04 Å². The van der Waals surface area contributed by atoms with E-state index >= 15 is 0 Å². The molecular formula is C18H22ClN. The van der Waals surface area contributed by atoms with Crippen molar-refractivity contribution in [3.05, 3.63) is 60.2 Å². The second-order valence-corrected chi connectivity index (χ2v) is 5.56. The van der Waals surface area contributed by atoms with Crippen LogP contribution in [0.5, 0.6) is 0 Å². The standard InChI is InChI=1S/C18H21N.ClH/c19-18(15-9-4-5-10-15)17-12-6-11-16(13-17)14-7-2-1-3-8-14;/h1-3,6-8,11-13,15,18H,4-5,9-10,19H2;1H/t18-;/m0./s1. The Morgan fingerprint density at radius 1 is 0.850 bits per heavy atom. The molecule has 1 aliphatic rings. The lowest BCUT2D eigenvalue weighted by molar-refractivity contribution is 0.445. The minimum atomic E-state index is 0. The van der Waals surface area contributed by atoms with Crippen LogP contribution in [0.3, 0.4) is 0 Å². The van der Waals surface area contributed by atoms with Gasteiger partial charge in [0.25, 0.3) is 0 Å². The van der Waals surface area contributed by atoms with Crippen molar-refractivity contribution in [2.75, 3.05) is 0 Å². The molecule has 0 saturated heterocycles. The molecule has 1 aliphatic carbocycles. The van der Waals surface area contributed by atoms with Crippen molar-refractivity contribution < 1.29 is 0 Å². The molecule has 20 heavy (non-hydrogen) atoms. The maximum absolute atomic E-state index is 6.45. The van der Waals surface area contributed by atoms with Crippen LogP contribution in [0.15, 0.2) is 54.6 Å². The quantitative estimate of drug-likeness (QED) is 0.848. The van der Waals surface area contributed by atoms with Crippen molar-refractivity contribution in [1.82, 2.24) is 0 Å². The average Bonchev–Trinajstić information content (AvgIpc) is 3.02. The van der Waals surface area contributed by atoms with E-state index in [1.807, 2.05) is 0 Å². The van der Waals surface area contributed by atoms with Crippen molar-refractivity contribution >= 4 is 12.4 Å². The first-order valence-electron chi connectivity index (χ1n) is 7.25. The van der Waals surface area contributed by atoms with Gasteiger partial charge in [0.15, 0.2) is 0 Å². The molecule has 0 amide bonds. The molecule has 106 valence electrons. The Labute approximate surface area is 127 Å². The van der Waals surface area contributed by atoms with E-state index in [9.17, 15) is 0 Å². The average molecular weight is 288 g/mol. The van der Waals surface area contributed by atoms with E-state index in [1.165, 1.54) is 42.4 Å². The molecule has 0 bridgehead atoms. The molecule has 0 radical (unpaired) electrons. The van der Waals surface area contributed by atoms with Crippen LogP contribution in [0, 0.1) is 5.92 Å². The molecular weight excluding hydrogens is 266 g/mol. The van der Waals surface area contributed by atoms with Gasteiger partial charge in [-0.05, 0) is 41.5 Å². The Balaban J connectivity index is 0.00000147. The molecule has 1 saturated carbocycles. The SMILES string of the molecule is Cl.N[C@H](c1cccc(-c2ccccc2)c1)C1CCCC1. The van der Waals surface area contributed by atoms with Crippen molar-refractivity contribution in [3.8, 4) is 11.1 Å². The van der Waals surface area contributed by atoms with E-state index in [0.29, 0.717) is 5.92 Å². The highest BCUT2D eigenvalue weighted by molar-refractivity contribution is 5.85. The lowest BCUT2D eigenvalue weighted by Crippen LogP contribution is -2.19. The fraction of sp³-hybridized carbons (Fsp3) is 0.333. The number of rotatable bonds is 3. The van der Waals surface area contributed by atoms with Gasteiger partial charge >= 0.3 is 0 Å². The largest absolute Gasteiger partial charge is 0.324 e. The summed E-state index contributed by atoms with van der Waals surface area (Å²) in [4.78, 5) is 0. The summed E-state index contributed by atoms with van der Waals surface area (Å²) >= 11 is 0. The lowest BCUT2D eigenvalue weighted by atomic mass is 9.90. The van der Waals surface area contributed by atoms with Gasteiger partial charge < -0.3 is 5.73 Å². The first-order valence-corrected chi connectivity index (χ1v) is 7.25. The van der Waals surface area contributed by atoms with Gasteiger partial charge in [0.1, 0.15) is 0 Å². The van der Waals surface area contributed by atoms with Crippen molar-refractivity contribution in [2.45, 2.75) is 31.7 Å². The van der Waals surface area contributed by atoms with Gasteiger partial charge in [0.2, 0.25) is 0 Å². The molecule has 3 rings (SSSR count). The normalized spacial score (nSPS) is 16.6. The Hall–Kier alpha value is -1.31. The molecule has 2 aromatic carbocycles. The zero-order valence-electron chi connectivity index (χ0n) is 11.7. The van der Waals surface area contributed by atoms with Crippen LogP contribution in [0.4, 0.5) is 0 Å². The molecule has 1 nitrogen and oxygen atoms in total. The highest BCUT2D eigenvalue weighted by Crippen LogP contribution is 2.35. The van der Waals surface area contributed by atoms with E-state index in [1.54, 1.807) is 0 Å². The van der Waals surface area contributed by atoms with Crippen LogP contribution in [0.2, 0.25) is 0 Å². The second kappa shape index (κ2) is 6.92. The maximum Gasteiger partial charge on any atom is 0.0323 e. The van der Waals surface area contributed by atoms with Crippen LogP contribution < -0.4 is 5.73 Å². The lowest BCUT2D eigenvalue weighted by Gasteiger charge is -2.20. The Bertz CT molecular complexity index is 532. The predicted octanol–water partition coefficient (Wildman–Crippen LogP) is 4.97. The van der Waals surface area contributed by atoms with Crippen LogP contribution in [-0.2, 0) is 0 Å². The molecule has 0 aliphatic heterocycles. The number of halogens is 1. The molecule has 2 aromatic rings. The monoisotopic (exact) mass is 287 g/mol. The van der Waals surface area contributed by atoms with E-state index in [2.05, 4.69) is 54.6 Å². The van der Waals surface area contributed by atoms with Crippen LogP contribution >= 0.6 is 12.4 Å². The van der Waals surface area contributed by atoms with Crippen LogP contribution in [0.1, 0.15) is 37.3 Å². The number of benzene rings is 2. The third-order valence-corrected chi connectivity index (χ3v) is 4.29. The van der Waals surface area contributed by atoms with Gasteiger partial charge in [-0.15, -0.1) is 12.4 Å². The third-order valence-electron chi connectivity index (χ3n) is 4.29. The maximum atomic E-state index is 6.45. The number of hydrogen-bond acceptors (Lipinski definition) is 1. The molecule has 2 N–H and O–H groups in total. The van der Waals surface area contributed by atoms with Crippen molar-refractivity contribution in [2.24, 2.45) is 11.7 Å². The molecule has 1 fully saturated rings. The molecule has 2 heteroatoms. The first kappa shape index (κ1) is 15.1. The summed E-state index contributed by atoms with van der Waals surface area (Å²) in [5.41, 5.74) is 10.3. The highest BCUT2D eigenvalue weighted by atomic mass is 35.5. The summed E-state index contributed by atoms with van der Waals surface area (Å²) < 4.78 is 0. The first-order chi connectivity index (χ1) is 9.34. The highest BCUT2D eigenvalue weighted by Gasteiger charge is 2.23. The summed E-state index contributed by atoms with van der Waals surface area (Å²) in [5, 5.41) is 0. The van der Waals surface area contributed by atoms with Crippen molar-refractivity contribution in [3.63, 3.8) is 0 Å². The van der Waals surface area contributed by atoms with Gasteiger partial charge in [-0.3, -0.25) is 0 Å². The van der Waals surface area contributed by atoms with Crippen LogP contribution in [-0.4, -0.2) is 0 Å². The zero-order chi connectivity index (χ0) is 13.1. The molecule has 0 spiro atoms. The predicted molar refractivity (Wildman–Crippen MR) is 88.0 cm³/mol. The van der Waals surface area contributed by atoms with Gasteiger partial charge in [0.05, 0.1) is 0 Å². The molecule has 1 atom stereocenters. The van der Waals surface area contributed by atoms with E-state index in [4.69, 9.17) is 5.73 Å². The Morgan fingerprint density at radius 3 is 2.20 bits per heavy atom. The van der Waals surface area contributed by atoms with E-state index in [0.717, 1.165) is 0 Å². The summed E-state index contributed by atoms with van der Waals surface area (Å²) in [5.74, 6) is 0.672. The Morgan fingerprint density at radius 2 is 1.50 bits per heavy atom. The molecule has 0 heterocycles. The Kier molecular flexibility index (Phi) is 5.22. The van der Waals surface area contributed by atoms with E-state index in [-0.39, 0.29) is 18.4 Å². The van der Waals surface area contributed by atoms with Crippen LogP contribution in [0.25, 0.3) is 11.1 Å². The number of hydrogen-bond donors (Lipinski definition) is 1. The number of nitrogens with two attached hydrogens (primary N) is 1. The third kappa shape index (κ3) is 3.23. The molecule has 0 aromatic heterocycles. The van der Waals surface area contributed by atoms with E-state index < -0.39 is 0 Å². The zero-order valence-corrected chi connectivity index (χ0v) is 12.5. The van der Waals surface area contributed by atoms with Gasteiger partial charge in [-0.2, -0.15) is 0 Å².